The van der Waals surface area contributed by atoms with Crippen LogP contribution < -0.4 is 10.6 Å². The predicted molar refractivity (Wildman–Crippen MR) is 133 cm³/mol. The van der Waals surface area contributed by atoms with Crippen LogP contribution in [-0.2, 0) is 21.6 Å². The van der Waals surface area contributed by atoms with Crippen molar-refractivity contribution >= 4 is 40.6 Å². The van der Waals surface area contributed by atoms with E-state index in [1.54, 1.807) is 33.0 Å². The molecule has 8 nitrogen and oxygen atoms in total. The van der Waals surface area contributed by atoms with E-state index < -0.39 is 16.8 Å². The molecule has 2 heterocycles. The number of para-hydroxylation sites is 1. The van der Waals surface area contributed by atoms with Crippen LogP contribution in [-0.4, -0.2) is 27.5 Å². The molecule has 35 heavy (non-hydrogen) atoms. The number of H-pyrrole nitrogens is 1. The van der Waals surface area contributed by atoms with Gasteiger partial charge in [-0.1, -0.05) is 29.8 Å². The van der Waals surface area contributed by atoms with Crippen LogP contribution in [0.4, 0.5) is 16.4 Å². The zero-order chi connectivity index (χ0) is 25.2. The van der Waals surface area contributed by atoms with Gasteiger partial charge in [0.25, 0.3) is 6.01 Å². The second-order valence-electron chi connectivity index (χ2n) is 9.50. The summed E-state index contributed by atoms with van der Waals surface area (Å²) < 4.78 is 25.2. The number of benzene rings is 2. The van der Waals surface area contributed by atoms with Gasteiger partial charge in [0.05, 0.1) is 33.2 Å². The summed E-state index contributed by atoms with van der Waals surface area (Å²) in [4.78, 5) is 24.5. The summed E-state index contributed by atoms with van der Waals surface area (Å²) >= 11 is 5.90. The Labute approximate surface area is 207 Å². The Morgan fingerprint density at radius 3 is 2.71 bits per heavy atom. The Morgan fingerprint density at radius 1 is 1.23 bits per heavy atom. The lowest BCUT2D eigenvalue weighted by Crippen LogP contribution is -2.40. The molecule has 0 radical (unpaired) electrons. The predicted octanol–water partition coefficient (Wildman–Crippen LogP) is 5.87. The van der Waals surface area contributed by atoms with Crippen molar-refractivity contribution in [2.75, 3.05) is 17.2 Å². The molecule has 0 aliphatic heterocycles. The minimum atomic E-state index is -1.00. The third kappa shape index (κ3) is 5.57. The van der Waals surface area contributed by atoms with Gasteiger partial charge >= 0.3 is 5.97 Å². The first kappa shape index (κ1) is 24.5. The molecule has 3 N–H and O–H groups in total. The number of carbonyl (C=O) groups excluding carboxylic acids is 1. The van der Waals surface area contributed by atoms with Gasteiger partial charge in [-0.2, -0.15) is 0 Å². The van der Waals surface area contributed by atoms with E-state index in [2.05, 4.69) is 20.6 Å². The average Bonchev–Trinajstić information content (AvgIpc) is 3.46. The van der Waals surface area contributed by atoms with E-state index in [0.717, 1.165) is 16.6 Å². The average molecular weight is 500 g/mol. The molecular formula is C25H27ClFN5O3. The Morgan fingerprint density at radius 2 is 2.03 bits per heavy atom. The highest BCUT2D eigenvalue weighted by atomic mass is 35.5. The summed E-state index contributed by atoms with van der Waals surface area (Å²) in [5.74, 6) is -0.499. The number of anilines is 2. The van der Waals surface area contributed by atoms with Crippen molar-refractivity contribution in [2.45, 2.75) is 39.8 Å². The third-order valence-corrected chi connectivity index (χ3v) is 5.82. The zero-order valence-electron chi connectivity index (χ0n) is 19.9. The standard InChI is InChI=1S/C25H27ClFN5O3/c1-24(2,3)21(33)35-14-25(4,16-8-9-17(26)18(27)12-16)32-22-30-19-7-5-6-15(20(19)31-22)13-29-23-28-10-11-34-23/h5-12H,13-14H2,1-4H3,(H,28,29)(H2,30,31,32). The molecule has 1 atom stereocenters. The first-order chi connectivity index (χ1) is 16.5. The molecule has 0 bridgehead atoms. The van der Waals surface area contributed by atoms with Gasteiger partial charge in [-0.3, -0.25) is 4.79 Å². The monoisotopic (exact) mass is 499 g/mol. The number of oxazole rings is 1. The number of aromatic amines is 1. The molecule has 0 aliphatic rings. The lowest BCUT2D eigenvalue weighted by molar-refractivity contribution is -0.154. The summed E-state index contributed by atoms with van der Waals surface area (Å²) in [7, 11) is 0. The molecule has 0 amide bonds. The van der Waals surface area contributed by atoms with Crippen LogP contribution in [0.2, 0.25) is 5.02 Å². The highest BCUT2D eigenvalue weighted by molar-refractivity contribution is 6.30. The van der Waals surface area contributed by atoms with E-state index in [4.69, 9.17) is 25.7 Å². The van der Waals surface area contributed by atoms with Crippen LogP contribution in [0.25, 0.3) is 11.0 Å². The molecule has 4 rings (SSSR count). The maximum atomic E-state index is 14.3. The Hall–Kier alpha value is -3.59. The van der Waals surface area contributed by atoms with Crippen molar-refractivity contribution in [3.05, 3.63) is 70.8 Å². The first-order valence-corrected chi connectivity index (χ1v) is 11.4. The van der Waals surface area contributed by atoms with Crippen molar-refractivity contribution < 1.29 is 18.3 Å². The molecule has 10 heteroatoms. The fourth-order valence-corrected chi connectivity index (χ4v) is 3.61. The van der Waals surface area contributed by atoms with Gasteiger partial charge in [-0.05, 0) is 57.0 Å². The van der Waals surface area contributed by atoms with Crippen LogP contribution in [0, 0.1) is 11.2 Å². The van der Waals surface area contributed by atoms with E-state index >= 15 is 0 Å². The summed E-state index contributed by atoms with van der Waals surface area (Å²) in [5, 5.41) is 6.43. The van der Waals surface area contributed by atoms with Crippen LogP contribution in [0.1, 0.15) is 38.8 Å². The number of nitrogens with one attached hydrogen (secondary N) is 3. The highest BCUT2D eigenvalue weighted by Gasteiger charge is 2.33. The van der Waals surface area contributed by atoms with Crippen molar-refractivity contribution in [2.24, 2.45) is 5.41 Å². The quantitative estimate of drug-likeness (QED) is 0.260. The molecule has 0 fully saturated rings. The topological polar surface area (TPSA) is 105 Å². The van der Waals surface area contributed by atoms with Crippen LogP contribution in [0.5, 0.6) is 0 Å². The molecule has 1 unspecified atom stereocenters. The summed E-state index contributed by atoms with van der Waals surface area (Å²) in [6, 6.07) is 10.7. The fraction of sp³-hybridized carbons (Fsp3) is 0.320. The summed E-state index contributed by atoms with van der Waals surface area (Å²) in [6.45, 7) is 7.52. The fourth-order valence-electron chi connectivity index (χ4n) is 3.49. The number of ether oxygens (including phenoxy) is 1. The van der Waals surface area contributed by atoms with Gasteiger partial charge in [0.15, 0.2) is 0 Å². The third-order valence-electron chi connectivity index (χ3n) is 5.51. The molecule has 0 saturated carbocycles. The van der Waals surface area contributed by atoms with Gasteiger partial charge in [-0.15, -0.1) is 0 Å². The molecule has 4 aromatic rings. The first-order valence-electron chi connectivity index (χ1n) is 11.1. The number of aromatic nitrogens is 3. The van der Waals surface area contributed by atoms with Crippen molar-refractivity contribution in [1.82, 2.24) is 15.0 Å². The summed E-state index contributed by atoms with van der Waals surface area (Å²) in [5.41, 5.74) is 1.32. The maximum absolute atomic E-state index is 14.3. The molecular weight excluding hydrogens is 473 g/mol. The second-order valence-corrected chi connectivity index (χ2v) is 9.91. The van der Waals surface area contributed by atoms with Crippen LogP contribution in [0.15, 0.2) is 53.3 Å². The van der Waals surface area contributed by atoms with Crippen molar-refractivity contribution in [1.29, 1.82) is 0 Å². The number of rotatable bonds is 8. The minimum absolute atomic E-state index is 0.00899. The number of imidazole rings is 1. The largest absolute Gasteiger partial charge is 0.462 e. The van der Waals surface area contributed by atoms with E-state index in [1.807, 2.05) is 25.1 Å². The van der Waals surface area contributed by atoms with Gasteiger partial charge in [-0.25, -0.2) is 14.4 Å². The molecule has 2 aromatic carbocycles. The van der Waals surface area contributed by atoms with E-state index in [-0.39, 0.29) is 17.6 Å². The van der Waals surface area contributed by atoms with Crippen LogP contribution in [0.3, 0.4) is 0 Å². The molecule has 0 spiro atoms. The van der Waals surface area contributed by atoms with Gasteiger partial charge in [0.1, 0.15) is 18.7 Å². The number of halogens is 2. The highest BCUT2D eigenvalue weighted by Crippen LogP contribution is 2.31. The van der Waals surface area contributed by atoms with Crippen LogP contribution >= 0.6 is 11.6 Å². The Kier molecular flexibility index (Phi) is 6.71. The maximum Gasteiger partial charge on any atom is 0.311 e. The molecule has 0 saturated heterocycles. The number of fused-ring (bicyclic) bond motifs is 1. The van der Waals surface area contributed by atoms with E-state index in [0.29, 0.717) is 24.1 Å². The van der Waals surface area contributed by atoms with E-state index in [1.165, 1.54) is 18.4 Å². The molecule has 184 valence electrons. The lowest BCUT2D eigenvalue weighted by atomic mass is 9.92. The lowest BCUT2D eigenvalue weighted by Gasteiger charge is -2.32. The smallest absolute Gasteiger partial charge is 0.311 e. The number of carbonyl (C=O) groups is 1. The van der Waals surface area contributed by atoms with Gasteiger partial charge in [0.2, 0.25) is 5.95 Å². The number of esters is 1. The number of hydrogen-bond acceptors (Lipinski definition) is 7. The van der Waals surface area contributed by atoms with Gasteiger partial charge in [0, 0.05) is 6.54 Å². The number of nitrogens with zero attached hydrogens (tertiary/aromatic N) is 2. The van der Waals surface area contributed by atoms with Crippen molar-refractivity contribution in [3.8, 4) is 0 Å². The SMILES string of the molecule is CC(C)(C)C(=O)OCC(C)(Nc1nc2c(CNc3ncco3)cccc2[nH]1)c1ccc(Cl)c(F)c1. The van der Waals surface area contributed by atoms with Gasteiger partial charge < -0.3 is 24.8 Å². The second kappa shape index (κ2) is 9.58. The molecule has 2 aromatic heterocycles. The normalized spacial score (nSPS) is 13.4. The Bertz CT molecular complexity index is 1330. The van der Waals surface area contributed by atoms with Crippen molar-refractivity contribution in [3.63, 3.8) is 0 Å². The Balaban J connectivity index is 1.63. The zero-order valence-corrected chi connectivity index (χ0v) is 20.7. The molecule has 0 aliphatic carbocycles. The number of hydrogen-bond donors (Lipinski definition) is 3. The van der Waals surface area contributed by atoms with E-state index in [9.17, 15) is 9.18 Å². The summed E-state index contributed by atoms with van der Waals surface area (Å²) in [6.07, 6.45) is 3.05. The minimum Gasteiger partial charge on any atom is -0.462 e.